The summed E-state index contributed by atoms with van der Waals surface area (Å²) in [6, 6.07) is 10.3. The van der Waals surface area contributed by atoms with Crippen LogP contribution in [-0.4, -0.2) is 24.3 Å². The van der Waals surface area contributed by atoms with E-state index in [2.05, 4.69) is 9.98 Å². The lowest BCUT2D eigenvalue weighted by molar-refractivity contribution is -0.298. The smallest absolute Gasteiger partial charge is 0.219 e. The van der Waals surface area contributed by atoms with Crippen LogP contribution in [0.1, 0.15) is 0 Å². The van der Waals surface area contributed by atoms with Crippen molar-refractivity contribution in [3.8, 4) is 17.4 Å². The van der Waals surface area contributed by atoms with Gasteiger partial charge < -0.3 is 19.4 Å². The highest BCUT2D eigenvalue weighted by molar-refractivity contribution is 6.51. The number of hydrogen-bond acceptors (Lipinski definition) is 6. The molecule has 2 rings (SSSR count). The molecule has 0 saturated heterocycles. The summed E-state index contributed by atoms with van der Waals surface area (Å²) in [6.07, 6.45) is 2.53. The van der Waals surface area contributed by atoms with Crippen molar-refractivity contribution < 1.29 is 19.4 Å². The molecular formula is C16H11Cl2N2O4-. The summed E-state index contributed by atoms with van der Waals surface area (Å²) < 4.78 is 10.6. The molecule has 2 aromatic rings. The summed E-state index contributed by atoms with van der Waals surface area (Å²) in [6.45, 7) is 0. The number of halogens is 2. The molecule has 124 valence electrons. The van der Waals surface area contributed by atoms with Gasteiger partial charge >= 0.3 is 0 Å². The molecule has 0 atom stereocenters. The highest BCUT2D eigenvalue weighted by Crippen LogP contribution is 2.23. The SMILES string of the molecule is COc1ccc(Oc2ccc(N=C/C(Cl)=C(\Cl)C(=O)[O-])cn2)cc1. The van der Waals surface area contributed by atoms with E-state index in [9.17, 15) is 9.90 Å². The summed E-state index contributed by atoms with van der Waals surface area (Å²) >= 11 is 11.1. The topological polar surface area (TPSA) is 83.8 Å². The first kappa shape index (κ1) is 17.8. The zero-order valence-electron chi connectivity index (χ0n) is 12.4. The van der Waals surface area contributed by atoms with Gasteiger partial charge in [-0.1, -0.05) is 23.2 Å². The van der Waals surface area contributed by atoms with Gasteiger partial charge in [0.25, 0.3) is 0 Å². The van der Waals surface area contributed by atoms with Gasteiger partial charge in [0.1, 0.15) is 11.5 Å². The highest BCUT2D eigenvalue weighted by Gasteiger charge is 2.02. The lowest BCUT2D eigenvalue weighted by Gasteiger charge is -2.05. The summed E-state index contributed by atoms with van der Waals surface area (Å²) in [5, 5.41) is 9.67. The third kappa shape index (κ3) is 4.97. The molecular weight excluding hydrogens is 355 g/mol. The maximum absolute atomic E-state index is 10.5. The van der Waals surface area contributed by atoms with Crippen LogP contribution in [0, 0.1) is 0 Å². The van der Waals surface area contributed by atoms with E-state index in [1.54, 1.807) is 43.5 Å². The first-order valence-electron chi connectivity index (χ1n) is 6.58. The molecule has 6 nitrogen and oxygen atoms in total. The molecule has 0 aliphatic carbocycles. The van der Waals surface area contributed by atoms with Crippen molar-refractivity contribution in [1.29, 1.82) is 0 Å². The van der Waals surface area contributed by atoms with E-state index in [-0.39, 0.29) is 5.03 Å². The Labute approximate surface area is 148 Å². The largest absolute Gasteiger partial charge is 0.544 e. The van der Waals surface area contributed by atoms with Crippen LogP contribution in [0.3, 0.4) is 0 Å². The Bertz CT molecular complexity index is 772. The van der Waals surface area contributed by atoms with E-state index in [0.29, 0.717) is 17.3 Å². The zero-order valence-corrected chi connectivity index (χ0v) is 13.9. The minimum atomic E-state index is -1.57. The summed E-state index contributed by atoms with van der Waals surface area (Å²) in [5.74, 6) is 0.120. The second-order valence-electron chi connectivity index (χ2n) is 4.34. The number of rotatable bonds is 6. The number of aliphatic carboxylic acids is 1. The van der Waals surface area contributed by atoms with E-state index >= 15 is 0 Å². The number of benzene rings is 1. The molecule has 0 spiro atoms. The second-order valence-corrected chi connectivity index (χ2v) is 5.12. The van der Waals surface area contributed by atoms with Crippen LogP contribution in [0.2, 0.25) is 0 Å². The molecule has 0 N–H and O–H groups in total. The number of nitrogens with zero attached hydrogens (tertiary/aromatic N) is 2. The zero-order chi connectivity index (χ0) is 17.5. The Balaban J connectivity index is 2.04. The van der Waals surface area contributed by atoms with Crippen molar-refractivity contribution in [3.63, 3.8) is 0 Å². The lowest BCUT2D eigenvalue weighted by atomic mass is 10.3. The van der Waals surface area contributed by atoms with Gasteiger partial charge in [0, 0.05) is 12.3 Å². The molecule has 0 fully saturated rings. The van der Waals surface area contributed by atoms with Gasteiger partial charge in [-0.15, -0.1) is 0 Å². The van der Waals surface area contributed by atoms with Crippen molar-refractivity contribution in [3.05, 3.63) is 52.7 Å². The Morgan fingerprint density at radius 2 is 1.83 bits per heavy atom. The lowest BCUT2D eigenvalue weighted by Crippen LogP contribution is -2.22. The van der Waals surface area contributed by atoms with Gasteiger partial charge in [-0.3, -0.25) is 4.99 Å². The van der Waals surface area contributed by atoms with Gasteiger partial charge in [-0.2, -0.15) is 0 Å². The normalized spacial score (nSPS) is 12.0. The van der Waals surface area contributed by atoms with Crippen LogP contribution in [0.4, 0.5) is 5.69 Å². The van der Waals surface area contributed by atoms with Crippen molar-refractivity contribution in [2.45, 2.75) is 0 Å². The highest BCUT2D eigenvalue weighted by atomic mass is 35.5. The van der Waals surface area contributed by atoms with Crippen molar-refractivity contribution in [1.82, 2.24) is 4.98 Å². The maximum Gasteiger partial charge on any atom is 0.219 e. The van der Waals surface area contributed by atoms with Crippen LogP contribution in [-0.2, 0) is 4.79 Å². The molecule has 0 amide bonds. The molecule has 0 radical (unpaired) electrons. The number of carboxylic acids is 1. The number of ether oxygens (including phenoxy) is 2. The van der Waals surface area contributed by atoms with Crippen molar-refractivity contribution in [2.24, 2.45) is 4.99 Å². The fourth-order valence-corrected chi connectivity index (χ4v) is 1.73. The molecule has 1 heterocycles. The van der Waals surface area contributed by atoms with Gasteiger partial charge in [0.2, 0.25) is 5.88 Å². The summed E-state index contributed by atoms with van der Waals surface area (Å²) in [5.41, 5.74) is 0.443. The fraction of sp³-hybridized carbons (Fsp3) is 0.0625. The molecule has 0 aliphatic heterocycles. The molecule has 8 heteroatoms. The van der Waals surface area contributed by atoms with Gasteiger partial charge in [-0.25, -0.2) is 4.98 Å². The third-order valence-electron chi connectivity index (χ3n) is 2.72. The second kappa shape index (κ2) is 8.33. The number of carbonyl (C=O) groups excluding carboxylic acids is 1. The van der Waals surface area contributed by atoms with E-state index in [0.717, 1.165) is 12.0 Å². The molecule has 0 saturated carbocycles. The number of hydrogen-bond donors (Lipinski definition) is 0. The predicted molar refractivity (Wildman–Crippen MR) is 89.2 cm³/mol. The van der Waals surface area contributed by atoms with Crippen LogP contribution in [0.5, 0.6) is 17.4 Å². The summed E-state index contributed by atoms with van der Waals surface area (Å²) in [7, 11) is 1.58. The van der Waals surface area contributed by atoms with Crippen LogP contribution in [0.15, 0.2) is 57.7 Å². The van der Waals surface area contributed by atoms with Crippen LogP contribution in [0.25, 0.3) is 0 Å². The molecule has 0 unspecified atom stereocenters. The first-order chi connectivity index (χ1) is 11.5. The number of aromatic nitrogens is 1. The average Bonchev–Trinajstić information content (AvgIpc) is 2.60. The van der Waals surface area contributed by atoms with Gasteiger partial charge in [-0.05, 0) is 30.3 Å². The summed E-state index contributed by atoms with van der Waals surface area (Å²) in [4.78, 5) is 18.6. The third-order valence-corrected chi connectivity index (χ3v) is 3.46. The van der Waals surface area contributed by atoms with Gasteiger partial charge in [0.05, 0.1) is 35.0 Å². The molecule has 1 aromatic heterocycles. The quantitative estimate of drug-likeness (QED) is 0.580. The van der Waals surface area contributed by atoms with E-state index in [1.165, 1.54) is 6.20 Å². The first-order valence-corrected chi connectivity index (χ1v) is 7.34. The van der Waals surface area contributed by atoms with Crippen molar-refractivity contribution in [2.75, 3.05) is 7.11 Å². The van der Waals surface area contributed by atoms with Crippen molar-refractivity contribution >= 4 is 41.1 Å². The number of methoxy groups -OCH3 is 1. The number of aliphatic imine (C=N–C) groups is 1. The van der Waals surface area contributed by atoms with Crippen LogP contribution >= 0.6 is 23.2 Å². The predicted octanol–water partition coefficient (Wildman–Crippen LogP) is 3.02. The Kier molecular flexibility index (Phi) is 6.17. The standard InChI is InChI=1S/C16H12Cl2N2O4/c1-23-11-3-5-12(6-4-11)24-14-7-2-10(8-20-14)19-9-13(17)15(18)16(21)22/h2-9H,1H3,(H,21,22)/p-1/b15-13+,19-9?. The average molecular weight is 366 g/mol. The number of carboxylic acid groups (broad SMARTS) is 1. The molecule has 0 aliphatic rings. The Hall–Kier alpha value is -2.57. The number of allylic oxidation sites excluding steroid dienone is 1. The molecule has 1 aromatic carbocycles. The monoisotopic (exact) mass is 365 g/mol. The minimum Gasteiger partial charge on any atom is -0.544 e. The Morgan fingerprint density at radius 3 is 2.38 bits per heavy atom. The Morgan fingerprint density at radius 1 is 1.17 bits per heavy atom. The fourth-order valence-electron chi connectivity index (χ4n) is 1.56. The van der Waals surface area contributed by atoms with E-state index in [4.69, 9.17) is 32.7 Å². The van der Waals surface area contributed by atoms with Gasteiger partial charge in [0.15, 0.2) is 0 Å². The van der Waals surface area contributed by atoms with E-state index in [1.807, 2.05) is 0 Å². The number of pyridine rings is 1. The minimum absolute atomic E-state index is 0.241. The van der Waals surface area contributed by atoms with E-state index < -0.39 is 11.0 Å². The number of carbonyl (C=O) groups is 1. The maximum atomic E-state index is 10.5. The molecule has 0 bridgehead atoms. The van der Waals surface area contributed by atoms with Crippen LogP contribution < -0.4 is 14.6 Å². The molecule has 24 heavy (non-hydrogen) atoms.